The molecule has 0 aromatic heterocycles. The van der Waals surface area contributed by atoms with E-state index in [9.17, 15) is 23.3 Å². The zero-order valence-corrected chi connectivity index (χ0v) is 19.4. The van der Waals surface area contributed by atoms with Crippen LogP contribution < -0.4 is 0 Å². The normalized spacial score (nSPS) is 17.3. The third kappa shape index (κ3) is 6.50. The van der Waals surface area contributed by atoms with Crippen molar-refractivity contribution >= 4 is 14.0 Å². The second-order valence-electron chi connectivity index (χ2n) is 9.32. The van der Waals surface area contributed by atoms with Crippen LogP contribution in [0.15, 0.2) is 18.2 Å². The first-order valence-electron chi connectivity index (χ1n) is 10.1. The maximum absolute atomic E-state index is 13.4. The van der Waals surface area contributed by atoms with Crippen LogP contribution in [0, 0.1) is 10.1 Å². The number of rotatable bonds is 7. The number of hydrogen-bond donors (Lipinski definition) is 0. The van der Waals surface area contributed by atoms with Crippen LogP contribution in [0.25, 0.3) is 0 Å². The number of non-ortho nitro benzene ring substituents is 1. The third-order valence-electron chi connectivity index (χ3n) is 6.15. The highest BCUT2D eigenvalue weighted by Gasteiger charge is 2.37. The van der Waals surface area contributed by atoms with Gasteiger partial charge >= 0.3 is 6.18 Å². The van der Waals surface area contributed by atoms with Crippen LogP contribution in [0.5, 0.6) is 0 Å². The summed E-state index contributed by atoms with van der Waals surface area (Å²) in [6.45, 7) is 15.4. The first-order chi connectivity index (χ1) is 13.7. The predicted molar refractivity (Wildman–Crippen MR) is 113 cm³/mol. The Labute approximate surface area is 177 Å². The number of hydrogen-bond acceptors (Lipinski definition) is 5. The Hall–Kier alpha value is -1.49. The first-order valence-corrected chi connectivity index (χ1v) is 13.0. The van der Waals surface area contributed by atoms with Crippen molar-refractivity contribution in [2.75, 3.05) is 39.3 Å². The molecule has 6 nitrogen and oxygen atoms in total. The second kappa shape index (κ2) is 9.33. The molecule has 0 unspecified atom stereocenters. The molecule has 1 heterocycles. The summed E-state index contributed by atoms with van der Waals surface area (Å²) in [5, 5.41) is 11.0. The summed E-state index contributed by atoms with van der Waals surface area (Å²) in [5.74, 6) is 0. The minimum Gasteiger partial charge on any atom is -0.416 e. The summed E-state index contributed by atoms with van der Waals surface area (Å²) in [5.41, 5.74) is -1.40. The smallest absolute Gasteiger partial charge is 0.416 e. The van der Waals surface area contributed by atoms with E-state index in [0.29, 0.717) is 25.8 Å². The minimum atomic E-state index is -4.62. The quantitative estimate of drug-likeness (QED) is 0.343. The van der Waals surface area contributed by atoms with E-state index in [1.807, 2.05) is 4.90 Å². The van der Waals surface area contributed by atoms with E-state index in [-0.39, 0.29) is 17.1 Å². The molecule has 0 N–H and O–H groups in total. The average Bonchev–Trinajstić information content (AvgIpc) is 2.61. The highest BCUT2D eigenvalue weighted by Crippen LogP contribution is 2.37. The Balaban J connectivity index is 1.90. The molecule has 1 aromatic carbocycles. The summed E-state index contributed by atoms with van der Waals surface area (Å²) in [7, 11) is -1.78. The highest BCUT2D eigenvalue weighted by molar-refractivity contribution is 6.74. The molecule has 170 valence electrons. The topological polar surface area (TPSA) is 58.8 Å². The Morgan fingerprint density at radius 2 is 1.67 bits per heavy atom. The van der Waals surface area contributed by atoms with Gasteiger partial charge in [-0.25, -0.2) is 0 Å². The molecule has 1 fully saturated rings. The van der Waals surface area contributed by atoms with Crippen molar-refractivity contribution in [3.8, 4) is 0 Å². The van der Waals surface area contributed by atoms with Gasteiger partial charge < -0.3 is 4.43 Å². The van der Waals surface area contributed by atoms with Crippen LogP contribution in [0.1, 0.15) is 31.9 Å². The van der Waals surface area contributed by atoms with Gasteiger partial charge in [0.05, 0.1) is 10.5 Å². The highest BCUT2D eigenvalue weighted by atomic mass is 28.4. The van der Waals surface area contributed by atoms with Gasteiger partial charge in [0.2, 0.25) is 0 Å². The molecule has 0 radical (unpaired) electrons. The monoisotopic (exact) mass is 447 g/mol. The lowest BCUT2D eigenvalue weighted by Crippen LogP contribution is -2.48. The molecule has 1 aromatic rings. The Bertz CT molecular complexity index is 743. The van der Waals surface area contributed by atoms with Gasteiger partial charge in [0.25, 0.3) is 5.69 Å². The van der Waals surface area contributed by atoms with Gasteiger partial charge in [-0.15, -0.1) is 0 Å². The van der Waals surface area contributed by atoms with E-state index in [0.717, 1.165) is 25.7 Å². The summed E-state index contributed by atoms with van der Waals surface area (Å²) < 4.78 is 46.3. The maximum Gasteiger partial charge on any atom is 0.416 e. The molecular formula is C20H32F3N3O3Si. The number of piperazine rings is 1. The Kier molecular flexibility index (Phi) is 7.71. The summed E-state index contributed by atoms with van der Waals surface area (Å²) in [6, 6.07) is 2.99. The van der Waals surface area contributed by atoms with Crippen LogP contribution in [-0.2, 0) is 17.1 Å². The number of nitro benzene ring substituents is 1. The molecule has 0 aliphatic carbocycles. The number of alkyl halides is 3. The SMILES string of the molecule is CC(C)(C)[Si](C)(C)OCCN1CCN(Cc2ccc([N+](=O)[O-])cc2C(F)(F)F)CC1. The van der Waals surface area contributed by atoms with Gasteiger partial charge in [0, 0.05) is 58.0 Å². The van der Waals surface area contributed by atoms with Gasteiger partial charge in [0.15, 0.2) is 8.32 Å². The van der Waals surface area contributed by atoms with Crippen molar-refractivity contribution < 1.29 is 22.5 Å². The lowest BCUT2D eigenvalue weighted by Gasteiger charge is -2.38. The van der Waals surface area contributed by atoms with Gasteiger partial charge in [-0.05, 0) is 23.7 Å². The summed E-state index contributed by atoms with van der Waals surface area (Å²) in [6.07, 6.45) is -4.62. The number of nitrogens with zero attached hydrogens (tertiary/aromatic N) is 3. The third-order valence-corrected chi connectivity index (χ3v) is 10.7. The molecule has 0 bridgehead atoms. The molecule has 0 spiro atoms. The Morgan fingerprint density at radius 3 is 2.17 bits per heavy atom. The van der Waals surface area contributed by atoms with Crippen molar-refractivity contribution in [1.82, 2.24) is 9.80 Å². The molecule has 1 saturated heterocycles. The van der Waals surface area contributed by atoms with Crippen LogP contribution in [0.3, 0.4) is 0 Å². The first kappa shape index (κ1) is 24.8. The molecule has 0 amide bonds. The predicted octanol–water partition coefficient (Wildman–Crippen LogP) is 4.75. The van der Waals surface area contributed by atoms with Gasteiger partial charge in [0.1, 0.15) is 0 Å². The Morgan fingerprint density at radius 1 is 1.10 bits per heavy atom. The number of halogens is 3. The van der Waals surface area contributed by atoms with Crippen LogP contribution in [-0.4, -0.2) is 62.4 Å². The van der Waals surface area contributed by atoms with Crippen LogP contribution in [0.2, 0.25) is 18.1 Å². The minimum absolute atomic E-state index is 0.0720. The largest absolute Gasteiger partial charge is 0.416 e. The van der Waals surface area contributed by atoms with Gasteiger partial charge in [-0.1, -0.05) is 26.8 Å². The lowest BCUT2D eigenvalue weighted by atomic mass is 10.0. The molecule has 30 heavy (non-hydrogen) atoms. The zero-order chi connectivity index (χ0) is 22.7. The summed E-state index contributed by atoms with van der Waals surface area (Å²) in [4.78, 5) is 14.3. The average molecular weight is 448 g/mol. The van der Waals surface area contributed by atoms with Gasteiger partial charge in [-0.2, -0.15) is 13.2 Å². The molecule has 0 atom stereocenters. The molecule has 10 heteroatoms. The van der Waals surface area contributed by atoms with E-state index in [1.54, 1.807) is 0 Å². The fourth-order valence-electron chi connectivity index (χ4n) is 3.14. The molecule has 0 saturated carbocycles. The lowest BCUT2D eigenvalue weighted by molar-refractivity contribution is -0.385. The standard InChI is InChI=1S/C20H32F3N3O3Si/c1-19(2,3)30(4,5)29-13-12-24-8-10-25(11-9-24)15-16-6-7-17(26(27)28)14-18(16)20(21,22)23/h6-7,14H,8-13,15H2,1-5H3. The maximum atomic E-state index is 13.4. The van der Waals surface area contributed by atoms with E-state index in [1.165, 1.54) is 6.07 Å². The van der Waals surface area contributed by atoms with Crippen molar-refractivity contribution in [2.45, 2.75) is 51.6 Å². The fraction of sp³-hybridized carbons (Fsp3) is 0.700. The van der Waals surface area contributed by atoms with Crippen LogP contribution in [0.4, 0.5) is 18.9 Å². The van der Waals surface area contributed by atoms with Crippen molar-refractivity contribution in [3.63, 3.8) is 0 Å². The molecule has 2 rings (SSSR count). The molecule has 1 aliphatic heterocycles. The fourth-order valence-corrected chi connectivity index (χ4v) is 4.17. The number of nitro groups is 1. The molecular weight excluding hydrogens is 415 g/mol. The number of benzene rings is 1. The van der Waals surface area contributed by atoms with E-state index < -0.39 is 30.7 Å². The van der Waals surface area contributed by atoms with E-state index >= 15 is 0 Å². The van der Waals surface area contributed by atoms with Crippen molar-refractivity contribution in [2.24, 2.45) is 0 Å². The van der Waals surface area contributed by atoms with Crippen molar-refractivity contribution in [1.29, 1.82) is 0 Å². The van der Waals surface area contributed by atoms with E-state index in [2.05, 4.69) is 38.8 Å². The van der Waals surface area contributed by atoms with Crippen molar-refractivity contribution in [3.05, 3.63) is 39.4 Å². The van der Waals surface area contributed by atoms with Crippen LogP contribution >= 0.6 is 0 Å². The molecule has 1 aliphatic rings. The van der Waals surface area contributed by atoms with E-state index in [4.69, 9.17) is 4.43 Å². The van der Waals surface area contributed by atoms with Gasteiger partial charge in [-0.3, -0.25) is 19.9 Å². The second-order valence-corrected chi connectivity index (χ2v) is 14.1. The summed E-state index contributed by atoms with van der Waals surface area (Å²) >= 11 is 0. The zero-order valence-electron chi connectivity index (χ0n) is 18.4.